The van der Waals surface area contributed by atoms with Crippen LogP contribution < -0.4 is 10.5 Å². The van der Waals surface area contributed by atoms with Gasteiger partial charge in [-0.3, -0.25) is 4.98 Å². The van der Waals surface area contributed by atoms with Crippen LogP contribution in [0.25, 0.3) is 0 Å². The minimum atomic E-state index is -3.81. The summed E-state index contributed by atoms with van der Waals surface area (Å²) in [6.45, 7) is 0. The van der Waals surface area contributed by atoms with Crippen molar-refractivity contribution in [1.82, 2.24) is 9.71 Å². The molecule has 1 atom stereocenters. The Balaban J connectivity index is 2.16. The van der Waals surface area contributed by atoms with Crippen LogP contribution in [0.2, 0.25) is 0 Å². The molecule has 2 heterocycles. The second kappa shape index (κ2) is 5.95. The van der Waals surface area contributed by atoms with E-state index in [0.29, 0.717) is 18.5 Å². The van der Waals surface area contributed by atoms with E-state index < -0.39 is 25.9 Å². The summed E-state index contributed by atoms with van der Waals surface area (Å²) < 4.78 is 49.8. The third-order valence-corrected chi connectivity index (χ3v) is 6.62. The lowest BCUT2D eigenvalue weighted by Gasteiger charge is -2.22. The van der Waals surface area contributed by atoms with E-state index in [1.54, 1.807) is 0 Å². The number of nitrogens with two attached hydrogens (primary N) is 1. The maximum atomic E-state index is 12.2. The first kappa shape index (κ1) is 16.3. The zero-order valence-corrected chi connectivity index (χ0v) is 13.5. The Morgan fingerprint density at radius 2 is 2.14 bits per heavy atom. The van der Waals surface area contributed by atoms with Crippen molar-refractivity contribution in [2.75, 3.05) is 11.5 Å². The molecule has 1 unspecified atom stereocenters. The van der Waals surface area contributed by atoms with Crippen LogP contribution in [0.5, 0.6) is 0 Å². The summed E-state index contributed by atoms with van der Waals surface area (Å²) in [6, 6.07) is 2.14. The molecule has 0 radical (unpaired) electrons. The van der Waals surface area contributed by atoms with Crippen molar-refractivity contribution in [2.24, 2.45) is 5.73 Å². The maximum Gasteiger partial charge on any atom is 0.242 e. The van der Waals surface area contributed by atoms with Gasteiger partial charge < -0.3 is 5.73 Å². The third-order valence-electron chi connectivity index (χ3n) is 3.08. The fourth-order valence-corrected chi connectivity index (χ4v) is 5.17. The second-order valence-electron chi connectivity index (χ2n) is 4.82. The van der Waals surface area contributed by atoms with E-state index >= 15 is 0 Å². The van der Waals surface area contributed by atoms with Crippen molar-refractivity contribution in [1.29, 1.82) is 0 Å². The number of hydrogen-bond donors (Lipinski definition) is 2. The Hall–Kier alpha value is -1.10. The van der Waals surface area contributed by atoms with Gasteiger partial charge in [0, 0.05) is 12.2 Å². The Morgan fingerprint density at radius 3 is 2.67 bits per heavy atom. The highest BCUT2D eigenvalue weighted by atomic mass is 32.2. The Bertz CT molecular complexity index is 741. The molecule has 7 nitrogen and oxygen atoms in total. The van der Waals surface area contributed by atoms with E-state index in [4.69, 9.17) is 18.0 Å². The van der Waals surface area contributed by atoms with Crippen LogP contribution in [-0.2, 0) is 19.9 Å². The normalized spacial score (nSPS) is 21.8. The molecule has 1 aliphatic rings. The van der Waals surface area contributed by atoms with Crippen molar-refractivity contribution in [2.45, 2.75) is 23.8 Å². The number of rotatable bonds is 4. The highest BCUT2D eigenvalue weighted by molar-refractivity contribution is 7.91. The van der Waals surface area contributed by atoms with Gasteiger partial charge in [-0.25, -0.2) is 21.6 Å². The molecular weight excluding hydrogens is 334 g/mol. The average Bonchev–Trinajstić information content (AvgIpc) is 2.37. The van der Waals surface area contributed by atoms with Crippen molar-refractivity contribution in [3.8, 4) is 0 Å². The number of nitrogens with one attached hydrogen (secondary N) is 1. The zero-order valence-electron chi connectivity index (χ0n) is 11.0. The molecule has 3 N–H and O–H groups in total. The summed E-state index contributed by atoms with van der Waals surface area (Å²) in [5.74, 6) is -0.0694. The topological polar surface area (TPSA) is 119 Å². The van der Waals surface area contributed by atoms with Gasteiger partial charge in [0.1, 0.15) is 9.88 Å². The van der Waals surface area contributed by atoms with Gasteiger partial charge in [0.2, 0.25) is 10.0 Å². The molecule has 1 fully saturated rings. The Labute approximate surface area is 128 Å². The minimum Gasteiger partial charge on any atom is -0.388 e. The van der Waals surface area contributed by atoms with E-state index in [1.807, 2.05) is 0 Å². The van der Waals surface area contributed by atoms with Crippen LogP contribution in [0.1, 0.15) is 18.5 Å². The van der Waals surface area contributed by atoms with Gasteiger partial charge in [0.15, 0.2) is 9.84 Å². The number of thiocarbonyl (C=S) groups is 1. The fourth-order valence-electron chi connectivity index (χ4n) is 2.09. The first-order valence-corrected chi connectivity index (χ1v) is 9.89. The lowest BCUT2D eigenvalue weighted by atomic mass is 10.2. The molecule has 0 aromatic carbocycles. The smallest absolute Gasteiger partial charge is 0.242 e. The molecule has 0 aliphatic carbocycles. The first-order valence-electron chi connectivity index (χ1n) is 6.18. The molecular formula is C11H15N3O4S3. The van der Waals surface area contributed by atoms with Gasteiger partial charge in [-0.05, 0) is 25.0 Å². The largest absolute Gasteiger partial charge is 0.388 e. The molecule has 1 aromatic rings. The van der Waals surface area contributed by atoms with E-state index in [0.717, 1.165) is 6.20 Å². The summed E-state index contributed by atoms with van der Waals surface area (Å²) in [4.78, 5) is 3.89. The number of pyridine rings is 1. The van der Waals surface area contributed by atoms with E-state index in [1.165, 1.54) is 12.1 Å². The van der Waals surface area contributed by atoms with Gasteiger partial charge in [0.25, 0.3) is 0 Å². The van der Waals surface area contributed by atoms with Crippen LogP contribution in [0.3, 0.4) is 0 Å². The SMILES string of the molecule is NC(=S)c1ccc(S(=O)(=O)NC2CCCS(=O)(=O)C2)cn1. The standard InChI is InChI=1S/C11H15N3O4S3/c12-11(19)10-4-3-9(6-13-10)21(17,18)14-8-2-1-5-20(15,16)7-8/h3-4,6,8,14H,1-2,5,7H2,(H2,12,19). The number of sulfonamides is 1. The fraction of sp³-hybridized carbons (Fsp3) is 0.455. The molecule has 116 valence electrons. The first-order chi connectivity index (χ1) is 9.70. The summed E-state index contributed by atoms with van der Waals surface area (Å²) in [7, 11) is -6.99. The molecule has 1 saturated heterocycles. The number of sulfone groups is 1. The van der Waals surface area contributed by atoms with Crippen LogP contribution in [-0.4, -0.2) is 44.4 Å². The molecule has 0 bridgehead atoms. The highest BCUT2D eigenvalue weighted by Gasteiger charge is 2.28. The molecule has 0 saturated carbocycles. The zero-order chi connectivity index (χ0) is 15.7. The van der Waals surface area contributed by atoms with Gasteiger partial charge in [0.05, 0.1) is 17.2 Å². The number of nitrogens with zero attached hydrogens (tertiary/aromatic N) is 1. The van der Waals surface area contributed by atoms with Gasteiger partial charge in [-0.1, -0.05) is 12.2 Å². The van der Waals surface area contributed by atoms with E-state index in [-0.39, 0.29) is 21.4 Å². The average molecular weight is 349 g/mol. The monoisotopic (exact) mass is 349 g/mol. The summed E-state index contributed by atoms with van der Waals surface area (Å²) >= 11 is 4.74. The van der Waals surface area contributed by atoms with E-state index in [9.17, 15) is 16.8 Å². The van der Waals surface area contributed by atoms with Crippen molar-refractivity contribution < 1.29 is 16.8 Å². The number of aromatic nitrogens is 1. The van der Waals surface area contributed by atoms with Crippen molar-refractivity contribution in [3.05, 3.63) is 24.0 Å². The van der Waals surface area contributed by atoms with Crippen LogP contribution >= 0.6 is 12.2 Å². The third kappa shape index (κ3) is 4.19. The van der Waals surface area contributed by atoms with Crippen molar-refractivity contribution >= 4 is 37.1 Å². The molecule has 0 amide bonds. The Kier molecular flexibility index (Phi) is 4.61. The van der Waals surface area contributed by atoms with Crippen molar-refractivity contribution in [3.63, 3.8) is 0 Å². The molecule has 1 aliphatic heterocycles. The lowest BCUT2D eigenvalue weighted by Crippen LogP contribution is -2.43. The van der Waals surface area contributed by atoms with Gasteiger partial charge >= 0.3 is 0 Å². The maximum absolute atomic E-state index is 12.2. The van der Waals surface area contributed by atoms with Crippen LogP contribution in [0.4, 0.5) is 0 Å². The second-order valence-corrected chi connectivity index (χ2v) is 9.20. The predicted octanol–water partition coefficient (Wildman–Crippen LogP) is -0.429. The van der Waals surface area contributed by atoms with E-state index in [2.05, 4.69) is 9.71 Å². The highest BCUT2D eigenvalue weighted by Crippen LogP contribution is 2.15. The van der Waals surface area contributed by atoms with Crippen LogP contribution in [0.15, 0.2) is 23.2 Å². The lowest BCUT2D eigenvalue weighted by molar-refractivity contribution is 0.517. The van der Waals surface area contributed by atoms with Gasteiger partial charge in [-0.15, -0.1) is 0 Å². The minimum absolute atomic E-state index is 0.0505. The molecule has 0 spiro atoms. The molecule has 2 rings (SSSR count). The molecule has 1 aromatic heterocycles. The predicted molar refractivity (Wildman–Crippen MR) is 82.1 cm³/mol. The number of hydrogen-bond acceptors (Lipinski definition) is 6. The molecule has 10 heteroatoms. The summed E-state index contributed by atoms with van der Waals surface area (Å²) in [5.41, 5.74) is 5.71. The summed E-state index contributed by atoms with van der Waals surface area (Å²) in [6.07, 6.45) is 2.10. The van der Waals surface area contributed by atoms with Crippen LogP contribution in [0, 0.1) is 0 Å². The summed E-state index contributed by atoms with van der Waals surface area (Å²) in [5, 5.41) is 0. The quantitative estimate of drug-likeness (QED) is 0.708. The Morgan fingerprint density at radius 1 is 1.43 bits per heavy atom. The molecule has 21 heavy (non-hydrogen) atoms. The van der Waals surface area contributed by atoms with Gasteiger partial charge in [-0.2, -0.15) is 0 Å².